The molecule has 0 bridgehead atoms. The molecule has 30 heavy (non-hydrogen) atoms. The number of hydrogen-bond donors (Lipinski definition) is 1. The highest BCUT2D eigenvalue weighted by molar-refractivity contribution is 6.34. The SMILES string of the molecule is Cc1ccc(COc2ccc(/C=C(\NC(=O)c3ccccc3)C(=O)C=O)cc2)cc1. The number of carbonyl (C=O) groups excluding carboxylic acids is 3. The summed E-state index contributed by atoms with van der Waals surface area (Å²) in [5, 5.41) is 2.51. The van der Waals surface area contributed by atoms with Gasteiger partial charge >= 0.3 is 0 Å². The maximum absolute atomic E-state index is 12.3. The monoisotopic (exact) mass is 399 g/mol. The van der Waals surface area contributed by atoms with E-state index in [4.69, 9.17) is 4.74 Å². The zero-order valence-electron chi connectivity index (χ0n) is 16.5. The van der Waals surface area contributed by atoms with Crippen LogP contribution in [0.2, 0.25) is 0 Å². The Morgan fingerprint density at radius 1 is 0.900 bits per heavy atom. The minimum atomic E-state index is -0.807. The molecular formula is C25H21NO4. The molecule has 3 aromatic rings. The lowest BCUT2D eigenvalue weighted by molar-refractivity contribution is -0.127. The van der Waals surface area contributed by atoms with E-state index in [1.165, 1.54) is 11.6 Å². The first-order chi connectivity index (χ1) is 14.5. The summed E-state index contributed by atoms with van der Waals surface area (Å²) in [5.74, 6) is -0.599. The summed E-state index contributed by atoms with van der Waals surface area (Å²) in [6, 6.07) is 23.6. The average Bonchev–Trinajstić information content (AvgIpc) is 2.79. The molecule has 0 aliphatic heterocycles. The number of aldehydes is 1. The Labute approximate surface area is 175 Å². The second kappa shape index (κ2) is 9.98. The van der Waals surface area contributed by atoms with Crippen molar-refractivity contribution >= 4 is 24.1 Å². The van der Waals surface area contributed by atoms with Crippen LogP contribution in [-0.2, 0) is 16.2 Å². The van der Waals surface area contributed by atoms with Gasteiger partial charge in [0.15, 0.2) is 6.29 Å². The number of hydrogen-bond acceptors (Lipinski definition) is 4. The number of ketones is 1. The molecule has 0 heterocycles. The third-order valence-electron chi connectivity index (χ3n) is 4.37. The second-order valence-corrected chi connectivity index (χ2v) is 6.70. The van der Waals surface area contributed by atoms with E-state index in [2.05, 4.69) is 5.32 Å². The zero-order valence-corrected chi connectivity index (χ0v) is 16.5. The molecular weight excluding hydrogens is 378 g/mol. The Kier molecular flexibility index (Phi) is 6.90. The molecule has 0 saturated carbocycles. The molecule has 0 fully saturated rings. The van der Waals surface area contributed by atoms with E-state index in [9.17, 15) is 14.4 Å². The van der Waals surface area contributed by atoms with Crippen molar-refractivity contribution in [2.45, 2.75) is 13.5 Å². The number of rotatable bonds is 8. The van der Waals surface area contributed by atoms with Crippen LogP contribution < -0.4 is 10.1 Å². The number of carbonyl (C=O) groups is 3. The van der Waals surface area contributed by atoms with Crippen LogP contribution >= 0.6 is 0 Å². The number of Topliss-reactive ketones (excluding diaryl/α,β-unsaturated/α-hetero) is 1. The van der Waals surface area contributed by atoms with Crippen LogP contribution in [0.25, 0.3) is 6.08 Å². The highest BCUT2D eigenvalue weighted by atomic mass is 16.5. The van der Waals surface area contributed by atoms with Crippen molar-refractivity contribution in [2.24, 2.45) is 0 Å². The molecule has 150 valence electrons. The molecule has 3 aromatic carbocycles. The van der Waals surface area contributed by atoms with Gasteiger partial charge in [-0.05, 0) is 48.4 Å². The molecule has 0 aromatic heterocycles. The number of aryl methyl sites for hydroxylation is 1. The maximum atomic E-state index is 12.3. The number of benzene rings is 3. The van der Waals surface area contributed by atoms with Crippen LogP contribution in [0.5, 0.6) is 5.75 Å². The van der Waals surface area contributed by atoms with Crippen LogP contribution in [0.4, 0.5) is 0 Å². The Bertz CT molecular complexity index is 1050. The predicted molar refractivity (Wildman–Crippen MR) is 115 cm³/mol. The largest absolute Gasteiger partial charge is 0.489 e. The quantitative estimate of drug-likeness (QED) is 0.351. The molecule has 5 nitrogen and oxygen atoms in total. The van der Waals surface area contributed by atoms with Gasteiger partial charge in [-0.25, -0.2) is 0 Å². The van der Waals surface area contributed by atoms with E-state index in [1.807, 2.05) is 31.2 Å². The maximum Gasteiger partial charge on any atom is 0.255 e. The molecule has 3 rings (SSSR count). The van der Waals surface area contributed by atoms with Gasteiger partial charge in [0.05, 0.1) is 5.70 Å². The molecule has 0 aliphatic rings. The Morgan fingerprint density at radius 3 is 2.20 bits per heavy atom. The van der Waals surface area contributed by atoms with E-state index < -0.39 is 11.7 Å². The van der Waals surface area contributed by atoms with E-state index in [1.54, 1.807) is 54.6 Å². The number of ether oxygens (including phenoxy) is 1. The Hall–Kier alpha value is -3.99. The topological polar surface area (TPSA) is 72.5 Å². The van der Waals surface area contributed by atoms with Gasteiger partial charge in [0.25, 0.3) is 5.91 Å². The minimum absolute atomic E-state index is 0.0906. The molecule has 0 aliphatic carbocycles. The number of amides is 1. The van der Waals surface area contributed by atoms with E-state index in [-0.39, 0.29) is 12.0 Å². The van der Waals surface area contributed by atoms with Crippen molar-refractivity contribution < 1.29 is 19.1 Å². The molecule has 0 radical (unpaired) electrons. The van der Waals surface area contributed by atoms with Gasteiger partial charge in [-0.1, -0.05) is 60.2 Å². The van der Waals surface area contributed by atoms with Crippen LogP contribution in [0.3, 0.4) is 0 Å². The molecule has 0 atom stereocenters. The summed E-state index contributed by atoms with van der Waals surface area (Å²) in [4.78, 5) is 35.3. The lowest BCUT2D eigenvalue weighted by Crippen LogP contribution is -2.27. The highest BCUT2D eigenvalue weighted by Crippen LogP contribution is 2.16. The van der Waals surface area contributed by atoms with E-state index in [0.717, 1.165) is 5.56 Å². The van der Waals surface area contributed by atoms with Crippen LogP contribution in [0, 0.1) is 6.92 Å². The van der Waals surface area contributed by atoms with Crippen LogP contribution in [0.15, 0.2) is 84.6 Å². The standard InChI is InChI=1S/C25H21NO4/c1-18-7-9-20(10-8-18)17-30-22-13-11-19(12-14-22)15-23(24(28)16-27)26-25(29)21-5-3-2-4-6-21/h2-16H,17H2,1H3,(H,26,29)/b23-15-. The van der Waals surface area contributed by atoms with E-state index in [0.29, 0.717) is 23.5 Å². The second-order valence-electron chi connectivity index (χ2n) is 6.70. The summed E-state index contributed by atoms with van der Waals surface area (Å²) in [6.45, 7) is 2.47. The summed E-state index contributed by atoms with van der Waals surface area (Å²) >= 11 is 0. The molecule has 5 heteroatoms. The van der Waals surface area contributed by atoms with Crippen molar-refractivity contribution in [3.63, 3.8) is 0 Å². The van der Waals surface area contributed by atoms with Crippen molar-refractivity contribution in [1.82, 2.24) is 5.32 Å². The number of allylic oxidation sites excluding steroid dienone is 1. The summed E-state index contributed by atoms with van der Waals surface area (Å²) < 4.78 is 5.77. The average molecular weight is 399 g/mol. The Balaban J connectivity index is 1.70. The summed E-state index contributed by atoms with van der Waals surface area (Å²) in [6.07, 6.45) is 1.64. The molecule has 0 spiro atoms. The fourth-order valence-corrected chi connectivity index (χ4v) is 2.69. The molecule has 1 amide bonds. The van der Waals surface area contributed by atoms with E-state index >= 15 is 0 Å². The normalized spacial score (nSPS) is 10.9. The van der Waals surface area contributed by atoms with Gasteiger partial charge in [0, 0.05) is 5.56 Å². The van der Waals surface area contributed by atoms with Gasteiger partial charge in [0.1, 0.15) is 12.4 Å². The smallest absolute Gasteiger partial charge is 0.255 e. The molecule has 0 saturated heterocycles. The third kappa shape index (κ3) is 5.75. The predicted octanol–water partition coefficient (Wildman–Crippen LogP) is 4.11. The summed E-state index contributed by atoms with van der Waals surface area (Å²) in [7, 11) is 0. The Morgan fingerprint density at radius 2 is 1.57 bits per heavy atom. The van der Waals surface area contributed by atoms with Gasteiger partial charge in [-0.2, -0.15) is 0 Å². The zero-order chi connectivity index (χ0) is 21.3. The van der Waals surface area contributed by atoms with Crippen molar-refractivity contribution in [3.05, 3.63) is 107 Å². The molecule has 1 N–H and O–H groups in total. The van der Waals surface area contributed by atoms with Crippen molar-refractivity contribution in [1.29, 1.82) is 0 Å². The fraction of sp³-hybridized carbons (Fsp3) is 0.0800. The van der Waals surface area contributed by atoms with Crippen molar-refractivity contribution in [2.75, 3.05) is 0 Å². The fourth-order valence-electron chi connectivity index (χ4n) is 2.69. The number of nitrogens with one attached hydrogen (secondary N) is 1. The minimum Gasteiger partial charge on any atom is -0.489 e. The molecule has 0 unspecified atom stereocenters. The van der Waals surface area contributed by atoms with Gasteiger partial charge in [-0.15, -0.1) is 0 Å². The highest BCUT2D eigenvalue weighted by Gasteiger charge is 2.13. The van der Waals surface area contributed by atoms with Gasteiger partial charge in [-0.3, -0.25) is 14.4 Å². The first kappa shape index (κ1) is 20.7. The van der Waals surface area contributed by atoms with Gasteiger partial charge in [0.2, 0.25) is 5.78 Å². The van der Waals surface area contributed by atoms with Gasteiger partial charge < -0.3 is 10.1 Å². The summed E-state index contributed by atoms with van der Waals surface area (Å²) in [5.41, 5.74) is 3.20. The first-order valence-electron chi connectivity index (χ1n) is 9.41. The lowest BCUT2D eigenvalue weighted by atomic mass is 10.1. The lowest BCUT2D eigenvalue weighted by Gasteiger charge is -2.08. The van der Waals surface area contributed by atoms with Crippen LogP contribution in [-0.4, -0.2) is 18.0 Å². The van der Waals surface area contributed by atoms with Crippen LogP contribution in [0.1, 0.15) is 27.0 Å². The third-order valence-corrected chi connectivity index (χ3v) is 4.37. The van der Waals surface area contributed by atoms with Crippen molar-refractivity contribution in [3.8, 4) is 5.75 Å². The first-order valence-corrected chi connectivity index (χ1v) is 9.41.